The number of pyridine rings is 1. The maximum Gasteiger partial charge on any atom is 0.220 e. The second-order valence-corrected chi connectivity index (χ2v) is 8.31. The lowest BCUT2D eigenvalue weighted by Crippen LogP contribution is -2.35. The number of carbonyl (C=O) groups excluding carboxylic acids is 1. The maximum atomic E-state index is 14.0. The van der Waals surface area contributed by atoms with Crippen LogP contribution in [-0.4, -0.2) is 48.1 Å². The molecule has 2 aromatic rings. The number of nitrogens with zero attached hydrogens (tertiary/aromatic N) is 2. The van der Waals surface area contributed by atoms with Crippen molar-refractivity contribution in [1.82, 2.24) is 15.2 Å². The molecule has 2 saturated heterocycles. The number of piperidine rings is 1. The van der Waals surface area contributed by atoms with Crippen LogP contribution in [0.3, 0.4) is 0 Å². The highest BCUT2D eigenvalue weighted by Crippen LogP contribution is 2.24. The Morgan fingerprint density at radius 3 is 2.86 bits per heavy atom. The third-order valence-corrected chi connectivity index (χ3v) is 6.15. The van der Waals surface area contributed by atoms with Gasteiger partial charge in [-0.05, 0) is 63.2 Å². The monoisotopic (exact) mass is 399 g/mol. The van der Waals surface area contributed by atoms with E-state index in [4.69, 9.17) is 4.74 Å². The summed E-state index contributed by atoms with van der Waals surface area (Å²) in [7, 11) is 0. The number of aromatic nitrogens is 1. The van der Waals surface area contributed by atoms with Crippen LogP contribution in [0.5, 0.6) is 0 Å². The van der Waals surface area contributed by atoms with Gasteiger partial charge in [0.2, 0.25) is 5.91 Å². The Bertz CT molecular complexity index is 830. The van der Waals surface area contributed by atoms with Gasteiger partial charge in [-0.15, -0.1) is 0 Å². The first-order valence-corrected chi connectivity index (χ1v) is 10.8. The molecule has 156 valence electrons. The zero-order valence-corrected chi connectivity index (χ0v) is 16.9. The van der Waals surface area contributed by atoms with Crippen molar-refractivity contribution in [3.8, 4) is 0 Å². The molecule has 1 aromatic carbocycles. The first kappa shape index (κ1) is 20.2. The summed E-state index contributed by atoms with van der Waals surface area (Å²) in [5.41, 5.74) is 1.36. The molecule has 29 heavy (non-hydrogen) atoms. The molecular formula is C23H30FN3O2. The molecule has 2 aliphatic heterocycles. The quantitative estimate of drug-likeness (QED) is 0.772. The van der Waals surface area contributed by atoms with Crippen LogP contribution in [0.25, 0.3) is 10.9 Å². The summed E-state index contributed by atoms with van der Waals surface area (Å²) in [5, 5.41) is 3.85. The van der Waals surface area contributed by atoms with Crippen molar-refractivity contribution >= 4 is 16.8 Å². The van der Waals surface area contributed by atoms with Gasteiger partial charge in [-0.25, -0.2) is 9.37 Å². The number of halogens is 1. The predicted octanol–water partition coefficient (Wildman–Crippen LogP) is 3.66. The highest BCUT2D eigenvalue weighted by molar-refractivity contribution is 5.79. The Balaban J connectivity index is 1.18. The summed E-state index contributed by atoms with van der Waals surface area (Å²) >= 11 is 0. The Morgan fingerprint density at radius 1 is 1.21 bits per heavy atom. The fraction of sp³-hybridized carbons (Fsp3) is 0.565. The lowest BCUT2D eigenvalue weighted by atomic mass is 9.92. The van der Waals surface area contributed by atoms with Crippen LogP contribution in [0.15, 0.2) is 30.3 Å². The highest BCUT2D eigenvalue weighted by Gasteiger charge is 2.21. The van der Waals surface area contributed by atoms with Crippen LogP contribution in [0.1, 0.15) is 44.2 Å². The van der Waals surface area contributed by atoms with Crippen molar-refractivity contribution in [2.45, 2.75) is 51.2 Å². The lowest BCUT2D eigenvalue weighted by Gasteiger charge is -2.31. The summed E-state index contributed by atoms with van der Waals surface area (Å²) < 4.78 is 19.5. The smallest absolute Gasteiger partial charge is 0.220 e. The van der Waals surface area contributed by atoms with E-state index in [2.05, 4.69) is 15.2 Å². The number of para-hydroxylation sites is 1. The van der Waals surface area contributed by atoms with Crippen molar-refractivity contribution in [1.29, 1.82) is 0 Å². The van der Waals surface area contributed by atoms with Crippen molar-refractivity contribution in [2.75, 3.05) is 26.2 Å². The van der Waals surface area contributed by atoms with Crippen LogP contribution >= 0.6 is 0 Å². The molecule has 2 aliphatic rings. The van der Waals surface area contributed by atoms with E-state index in [9.17, 15) is 9.18 Å². The number of amides is 1. The molecule has 0 aliphatic carbocycles. The fourth-order valence-electron chi connectivity index (χ4n) is 4.36. The zero-order chi connectivity index (χ0) is 20.1. The maximum absolute atomic E-state index is 14.0. The number of carbonyl (C=O) groups is 1. The molecule has 6 heteroatoms. The van der Waals surface area contributed by atoms with Gasteiger partial charge in [0.15, 0.2) is 0 Å². The van der Waals surface area contributed by atoms with Crippen LogP contribution in [0.2, 0.25) is 0 Å². The minimum absolute atomic E-state index is 0.144. The Hall–Kier alpha value is -2.05. The molecular weight excluding hydrogens is 369 g/mol. The molecule has 3 heterocycles. The summed E-state index contributed by atoms with van der Waals surface area (Å²) in [6.45, 7) is 4.22. The predicted molar refractivity (Wildman–Crippen MR) is 111 cm³/mol. The number of nitrogens with one attached hydrogen (secondary N) is 1. The standard InChI is InChI=1S/C23H30FN3O2/c24-21-5-1-3-18-7-8-19(26-23(18)21)16-27-12-10-17(11-13-27)6-9-22(28)25-15-20-4-2-14-29-20/h1,3,5,7-8,17,20H,2,4,6,9-16H2,(H,25,28). The SMILES string of the molecule is O=C(CCC1CCN(Cc2ccc3cccc(F)c3n2)CC1)NCC1CCCO1. The van der Waals surface area contributed by atoms with Crippen LogP contribution in [-0.2, 0) is 16.1 Å². The van der Waals surface area contributed by atoms with E-state index in [1.165, 1.54) is 6.07 Å². The van der Waals surface area contributed by atoms with Gasteiger partial charge in [-0.1, -0.05) is 18.2 Å². The first-order chi connectivity index (χ1) is 14.2. The molecule has 1 N–H and O–H groups in total. The largest absolute Gasteiger partial charge is 0.376 e. The van der Waals surface area contributed by atoms with Gasteiger partial charge >= 0.3 is 0 Å². The van der Waals surface area contributed by atoms with Crippen molar-refractivity contribution in [3.05, 3.63) is 41.8 Å². The van der Waals surface area contributed by atoms with E-state index in [0.717, 1.165) is 69.4 Å². The average molecular weight is 400 g/mol. The average Bonchev–Trinajstić information content (AvgIpc) is 3.26. The second-order valence-electron chi connectivity index (χ2n) is 8.31. The Labute approximate surface area is 171 Å². The number of hydrogen-bond acceptors (Lipinski definition) is 4. The normalized spacial score (nSPS) is 20.9. The van der Waals surface area contributed by atoms with Crippen LogP contribution in [0.4, 0.5) is 4.39 Å². The van der Waals surface area contributed by atoms with Crippen molar-refractivity contribution < 1.29 is 13.9 Å². The van der Waals surface area contributed by atoms with E-state index in [1.54, 1.807) is 6.07 Å². The van der Waals surface area contributed by atoms with E-state index in [0.29, 0.717) is 24.4 Å². The number of fused-ring (bicyclic) bond motifs is 1. The topological polar surface area (TPSA) is 54.5 Å². The van der Waals surface area contributed by atoms with Crippen LogP contribution in [0, 0.1) is 11.7 Å². The molecule has 0 radical (unpaired) electrons. The molecule has 0 spiro atoms. The summed E-state index contributed by atoms with van der Waals surface area (Å²) in [6, 6.07) is 9.00. The molecule has 2 fully saturated rings. The van der Waals surface area contributed by atoms with E-state index in [1.807, 2.05) is 18.2 Å². The minimum Gasteiger partial charge on any atom is -0.376 e. The van der Waals surface area contributed by atoms with E-state index < -0.39 is 0 Å². The second kappa shape index (κ2) is 9.63. The molecule has 0 saturated carbocycles. The van der Waals surface area contributed by atoms with E-state index in [-0.39, 0.29) is 17.8 Å². The van der Waals surface area contributed by atoms with Gasteiger partial charge in [0, 0.05) is 31.5 Å². The van der Waals surface area contributed by atoms with Crippen LogP contribution < -0.4 is 5.32 Å². The molecule has 1 amide bonds. The Kier molecular flexibility index (Phi) is 6.72. The molecule has 1 unspecified atom stereocenters. The van der Waals surface area contributed by atoms with Crippen molar-refractivity contribution in [2.24, 2.45) is 5.92 Å². The third kappa shape index (κ3) is 5.52. The van der Waals surface area contributed by atoms with Gasteiger partial charge in [-0.3, -0.25) is 9.69 Å². The van der Waals surface area contributed by atoms with Gasteiger partial charge < -0.3 is 10.1 Å². The number of rotatable bonds is 7. The molecule has 0 bridgehead atoms. The highest BCUT2D eigenvalue weighted by atomic mass is 19.1. The van der Waals surface area contributed by atoms with Gasteiger partial charge in [0.05, 0.1) is 11.8 Å². The summed E-state index contributed by atoms with van der Waals surface area (Å²) in [5.74, 6) is 0.480. The number of likely N-dealkylation sites (tertiary alicyclic amines) is 1. The Morgan fingerprint density at radius 2 is 2.07 bits per heavy atom. The molecule has 4 rings (SSSR count). The first-order valence-electron chi connectivity index (χ1n) is 10.8. The van der Waals surface area contributed by atoms with Gasteiger partial charge in [0.25, 0.3) is 0 Å². The molecule has 1 atom stereocenters. The molecule has 1 aromatic heterocycles. The summed E-state index contributed by atoms with van der Waals surface area (Å²) in [4.78, 5) is 19.0. The van der Waals surface area contributed by atoms with Gasteiger partial charge in [-0.2, -0.15) is 0 Å². The zero-order valence-electron chi connectivity index (χ0n) is 16.9. The van der Waals surface area contributed by atoms with E-state index >= 15 is 0 Å². The number of benzene rings is 1. The van der Waals surface area contributed by atoms with Gasteiger partial charge in [0.1, 0.15) is 11.3 Å². The molecule has 5 nitrogen and oxygen atoms in total. The minimum atomic E-state index is -0.263. The summed E-state index contributed by atoms with van der Waals surface area (Å²) in [6.07, 6.45) is 6.11. The third-order valence-electron chi connectivity index (χ3n) is 6.15. The number of hydrogen-bond donors (Lipinski definition) is 1. The lowest BCUT2D eigenvalue weighted by molar-refractivity contribution is -0.122. The number of ether oxygens (including phenoxy) is 1. The van der Waals surface area contributed by atoms with Crippen molar-refractivity contribution in [3.63, 3.8) is 0 Å². The fourth-order valence-corrected chi connectivity index (χ4v) is 4.36.